The van der Waals surface area contributed by atoms with Crippen LogP contribution in [0.1, 0.15) is 20.3 Å². The summed E-state index contributed by atoms with van der Waals surface area (Å²) in [6.45, 7) is 4.39. The second-order valence-corrected chi connectivity index (χ2v) is 5.26. The molecule has 22 heavy (non-hydrogen) atoms. The summed E-state index contributed by atoms with van der Waals surface area (Å²) >= 11 is 0. The second-order valence-electron chi connectivity index (χ2n) is 5.26. The Morgan fingerprint density at radius 1 is 1.45 bits per heavy atom. The molecule has 6 heteroatoms. The van der Waals surface area contributed by atoms with E-state index in [0.717, 1.165) is 0 Å². The van der Waals surface area contributed by atoms with Crippen LogP contribution in [0.2, 0.25) is 0 Å². The van der Waals surface area contributed by atoms with Gasteiger partial charge in [-0.15, -0.1) is 0 Å². The number of methoxy groups -OCH3 is 1. The summed E-state index contributed by atoms with van der Waals surface area (Å²) in [5.74, 6) is -0.402. The predicted octanol–water partition coefficient (Wildman–Crippen LogP) is 2.42. The molecular formula is C16H22FN3O2. The van der Waals surface area contributed by atoms with Gasteiger partial charge in [0.25, 0.3) is 0 Å². The number of ether oxygens (including phenoxy) is 1. The SMILES string of the molecule is COc1ccc(N(CC(=O)N(C)CCC#N)C(C)C)cc1F. The molecule has 0 atom stereocenters. The number of carbonyl (C=O) groups excluding carboxylic acids is 1. The van der Waals surface area contributed by atoms with E-state index in [-0.39, 0.29) is 24.2 Å². The van der Waals surface area contributed by atoms with Gasteiger partial charge in [-0.3, -0.25) is 4.79 Å². The Hall–Kier alpha value is -2.29. The normalized spacial score (nSPS) is 10.2. The van der Waals surface area contributed by atoms with Crippen molar-refractivity contribution in [2.24, 2.45) is 0 Å². The number of rotatable bonds is 7. The molecule has 0 bridgehead atoms. The number of nitriles is 1. The van der Waals surface area contributed by atoms with Crippen molar-refractivity contribution in [3.05, 3.63) is 24.0 Å². The van der Waals surface area contributed by atoms with Gasteiger partial charge < -0.3 is 14.5 Å². The molecule has 0 saturated carbocycles. The van der Waals surface area contributed by atoms with Crippen molar-refractivity contribution >= 4 is 11.6 Å². The van der Waals surface area contributed by atoms with Gasteiger partial charge in [0.15, 0.2) is 11.6 Å². The molecule has 0 aliphatic carbocycles. The van der Waals surface area contributed by atoms with E-state index in [2.05, 4.69) is 0 Å². The van der Waals surface area contributed by atoms with Crippen LogP contribution in [0.15, 0.2) is 18.2 Å². The molecule has 1 aromatic carbocycles. The summed E-state index contributed by atoms with van der Waals surface area (Å²) in [6, 6.07) is 6.67. The maximum atomic E-state index is 13.9. The van der Waals surface area contributed by atoms with E-state index in [1.807, 2.05) is 24.8 Å². The largest absolute Gasteiger partial charge is 0.494 e. The van der Waals surface area contributed by atoms with E-state index >= 15 is 0 Å². The van der Waals surface area contributed by atoms with Crippen LogP contribution in [0, 0.1) is 17.1 Å². The molecule has 0 aromatic heterocycles. The van der Waals surface area contributed by atoms with Gasteiger partial charge >= 0.3 is 0 Å². The Morgan fingerprint density at radius 2 is 2.14 bits per heavy atom. The zero-order valence-corrected chi connectivity index (χ0v) is 13.5. The molecule has 0 radical (unpaired) electrons. The fourth-order valence-corrected chi connectivity index (χ4v) is 2.01. The standard InChI is InChI=1S/C16H22FN3O2/c1-12(2)20(11-16(21)19(3)9-5-8-18)13-6-7-15(22-4)14(17)10-13/h6-7,10,12H,5,9,11H2,1-4H3. The zero-order valence-electron chi connectivity index (χ0n) is 13.5. The predicted molar refractivity (Wildman–Crippen MR) is 83.3 cm³/mol. The van der Waals surface area contributed by atoms with Crippen molar-refractivity contribution in [3.63, 3.8) is 0 Å². The molecule has 5 nitrogen and oxygen atoms in total. The van der Waals surface area contributed by atoms with Crippen molar-refractivity contribution in [1.82, 2.24) is 4.90 Å². The van der Waals surface area contributed by atoms with Crippen LogP contribution in [-0.2, 0) is 4.79 Å². The zero-order chi connectivity index (χ0) is 16.7. The topological polar surface area (TPSA) is 56.6 Å². The molecule has 0 fully saturated rings. The third-order valence-corrected chi connectivity index (χ3v) is 3.38. The molecular weight excluding hydrogens is 285 g/mol. The lowest BCUT2D eigenvalue weighted by Gasteiger charge is -2.30. The van der Waals surface area contributed by atoms with Crippen LogP contribution < -0.4 is 9.64 Å². The number of halogens is 1. The fraction of sp³-hybridized carbons (Fsp3) is 0.500. The Labute approximate surface area is 130 Å². The average Bonchev–Trinajstić information content (AvgIpc) is 2.49. The minimum absolute atomic E-state index is 0.0288. The molecule has 1 aromatic rings. The van der Waals surface area contributed by atoms with Crippen LogP contribution in [-0.4, -0.2) is 44.1 Å². The van der Waals surface area contributed by atoms with Crippen molar-refractivity contribution in [1.29, 1.82) is 5.26 Å². The van der Waals surface area contributed by atoms with Crippen molar-refractivity contribution < 1.29 is 13.9 Å². The molecule has 1 rings (SSSR count). The van der Waals surface area contributed by atoms with Crippen LogP contribution in [0.5, 0.6) is 5.75 Å². The number of amides is 1. The first-order chi connectivity index (χ1) is 10.4. The highest BCUT2D eigenvalue weighted by atomic mass is 19.1. The van der Waals surface area contributed by atoms with Crippen LogP contribution >= 0.6 is 0 Å². The smallest absolute Gasteiger partial charge is 0.241 e. The summed E-state index contributed by atoms with van der Waals surface area (Å²) in [7, 11) is 3.07. The van der Waals surface area contributed by atoms with Gasteiger partial charge in [0.05, 0.1) is 26.1 Å². The first-order valence-corrected chi connectivity index (χ1v) is 7.11. The molecule has 120 valence electrons. The molecule has 0 aliphatic rings. The molecule has 0 spiro atoms. The van der Waals surface area contributed by atoms with Gasteiger partial charge in [-0.1, -0.05) is 0 Å². The second kappa shape index (κ2) is 8.23. The lowest BCUT2D eigenvalue weighted by Crippen LogP contribution is -2.42. The first kappa shape index (κ1) is 17.8. The van der Waals surface area contributed by atoms with Gasteiger partial charge in [-0.25, -0.2) is 4.39 Å². The number of hydrogen-bond donors (Lipinski definition) is 0. The summed E-state index contributed by atoms with van der Waals surface area (Å²) in [4.78, 5) is 15.5. The lowest BCUT2D eigenvalue weighted by atomic mass is 10.2. The summed E-state index contributed by atoms with van der Waals surface area (Å²) in [6.07, 6.45) is 0.293. The van der Waals surface area contributed by atoms with Gasteiger partial charge in [0.2, 0.25) is 5.91 Å². The molecule has 0 heterocycles. The van der Waals surface area contributed by atoms with Gasteiger partial charge in [0.1, 0.15) is 0 Å². The monoisotopic (exact) mass is 307 g/mol. The van der Waals surface area contributed by atoms with Crippen molar-refractivity contribution in [2.75, 3.05) is 32.1 Å². The number of benzene rings is 1. The number of carbonyl (C=O) groups is 1. The van der Waals surface area contributed by atoms with Crippen LogP contribution in [0.3, 0.4) is 0 Å². The first-order valence-electron chi connectivity index (χ1n) is 7.11. The van der Waals surface area contributed by atoms with Gasteiger partial charge in [-0.05, 0) is 26.0 Å². The third-order valence-electron chi connectivity index (χ3n) is 3.38. The van der Waals surface area contributed by atoms with E-state index < -0.39 is 5.82 Å². The maximum absolute atomic E-state index is 13.9. The molecule has 0 saturated heterocycles. The van der Waals surface area contributed by atoms with E-state index in [4.69, 9.17) is 10.00 Å². The number of hydrogen-bond acceptors (Lipinski definition) is 4. The quantitative estimate of drug-likeness (QED) is 0.776. The Bertz CT molecular complexity index is 555. The van der Waals surface area contributed by atoms with Crippen LogP contribution in [0.25, 0.3) is 0 Å². The summed E-state index contributed by atoms with van der Waals surface area (Å²) in [5, 5.41) is 8.57. The highest BCUT2D eigenvalue weighted by Crippen LogP contribution is 2.24. The number of likely N-dealkylation sites (N-methyl/N-ethyl adjacent to an activating group) is 1. The number of anilines is 1. The maximum Gasteiger partial charge on any atom is 0.241 e. The van der Waals surface area contributed by atoms with Crippen molar-refractivity contribution in [3.8, 4) is 11.8 Å². The summed E-state index contributed by atoms with van der Waals surface area (Å²) < 4.78 is 18.8. The third kappa shape index (κ3) is 4.62. The number of nitrogens with zero attached hydrogens (tertiary/aromatic N) is 3. The summed E-state index contributed by atoms with van der Waals surface area (Å²) in [5.41, 5.74) is 0.621. The minimum atomic E-state index is -0.462. The van der Waals surface area contributed by atoms with E-state index in [0.29, 0.717) is 18.7 Å². The molecule has 0 aliphatic heterocycles. The highest BCUT2D eigenvalue weighted by Gasteiger charge is 2.18. The highest BCUT2D eigenvalue weighted by molar-refractivity contribution is 5.81. The Kier molecular flexibility index (Phi) is 6.64. The minimum Gasteiger partial charge on any atom is -0.494 e. The van der Waals surface area contributed by atoms with Crippen LogP contribution in [0.4, 0.5) is 10.1 Å². The molecule has 1 amide bonds. The van der Waals surface area contributed by atoms with E-state index in [1.54, 1.807) is 19.2 Å². The average molecular weight is 307 g/mol. The molecule has 0 N–H and O–H groups in total. The van der Waals surface area contributed by atoms with Gasteiger partial charge in [0, 0.05) is 31.4 Å². The Morgan fingerprint density at radius 3 is 2.64 bits per heavy atom. The Balaban J connectivity index is 2.88. The van der Waals surface area contributed by atoms with Gasteiger partial charge in [-0.2, -0.15) is 5.26 Å². The lowest BCUT2D eigenvalue weighted by molar-refractivity contribution is -0.128. The van der Waals surface area contributed by atoms with E-state index in [1.165, 1.54) is 18.1 Å². The molecule has 0 unspecified atom stereocenters. The van der Waals surface area contributed by atoms with E-state index in [9.17, 15) is 9.18 Å². The fourth-order valence-electron chi connectivity index (χ4n) is 2.01. The van der Waals surface area contributed by atoms with Crippen molar-refractivity contribution in [2.45, 2.75) is 26.3 Å².